The normalized spacial score (nSPS) is 14.7. The minimum atomic E-state index is 0.00273. The molecule has 0 saturated carbocycles. The molecule has 14 rings (SSSR count). The fraction of sp³-hybridized carbons (Fsp3) is 0.0635. The van der Waals surface area contributed by atoms with E-state index in [1.807, 2.05) is 12.1 Å². The molecule has 0 aliphatic heterocycles. The molecule has 0 saturated heterocycles. The van der Waals surface area contributed by atoms with Crippen LogP contribution in [0, 0.1) is 0 Å². The molecular weight excluding hydrogens is 829 g/mol. The molecule has 3 heterocycles. The van der Waals surface area contributed by atoms with Crippen molar-refractivity contribution in [1.29, 1.82) is 0 Å². The third kappa shape index (κ3) is 5.99. The zero-order valence-corrected chi connectivity index (χ0v) is 37.2. The van der Waals surface area contributed by atoms with E-state index in [0.717, 1.165) is 96.5 Å². The molecule has 0 amide bonds. The molecule has 0 spiro atoms. The van der Waals surface area contributed by atoms with Crippen molar-refractivity contribution < 1.29 is 4.42 Å². The molecule has 0 N–H and O–H groups in total. The molecule has 3 aromatic heterocycles. The second-order valence-electron chi connectivity index (χ2n) is 18.2. The summed E-state index contributed by atoms with van der Waals surface area (Å²) in [7, 11) is 0. The first-order valence-corrected chi connectivity index (χ1v) is 23.5. The van der Waals surface area contributed by atoms with Gasteiger partial charge in [-0.25, -0.2) is 15.0 Å². The van der Waals surface area contributed by atoms with Crippen molar-refractivity contribution in [2.45, 2.75) is 25.2 Å². The molecule has 68 heavy (non-hydrogen) atoms. The monoisotopic (exact) mass is 870 g/mol. The summed E-state index contributed by atoms with van der Waals surface area (Å²) in [5, 5.41) is 8.96. The number of fused-ring (bicyclic) bond motifs is 10. The van der Waals surface area contributed by atoms with E-state index in [9.17, 15) is 0 Å². The highest BCUT2D eigenvalue weighted by atomic mass is 16.3. The van der Waals surface area contributed by atoms with E-state index >= 15 is 0 Å². The zero-order chi connectivity index (χ0) is 44.9. The van der Waals surface area contributed by atoms with Gasteiger partial charge in [-0.15, -0.1) is 0 Å². The van der Waals surface area contributed by atoms with Gasteiger partial charge in [0.2, 0.25) is 0 Å². The van der Waals surface area contributed by atoms with Crippen molar-refractivity contribution >= 4 is 76.4 Å². The molecule has 1 unspecified atom stereocenters. The van der Waals surface area contributed by atoms with Crippen LogP contribution < -0.4 is 0 Å². The van der Waals surface area contributed by atoms with Crippen molar-refractivity contribution in [3.8, 4) is 39.9 Å². The van der Waals surface area contributed by atoms with Crippen LogP contribution in [0.2, 0.25) is 0 Å². The van der Waals surface area contributed by atoms with Gasteiger partial charge in [0.1, 0.15) is 11.2 Å². The van der Waals surface area contributed by atoms with Gasteiger partial charge in [0.25, 0.3) is 0 Å². The van der Waals surface area contributed by atoms with Gasteiger partial charge in [0, 0.05) is 50.2 Å². The number of benzene rings is 9. The Bertz CT molecular complexity index is 4140. The Morgan fingerprint density at radius 2 is 1.15 bits per heavy atom. The molecule has 320 valence electrons. The smallest absolute Gasteiger partial charge is 0.166 e. The molecule has 2 aliphatic rings. The van der Waals surface area contributed by atoms with Gasteiger partial charge < -0.3 is 8.98 Å². The highest BCUT2D eigenvalue weighted by Gasteiger charge is 2.33. The van der Waals surface area contributed by atoms with Crippen LogP contribution in [0.15, 0.2) is 217 Å². The van der Waals surface area contributed by atoms with Crippen LogP contribution in [0.5, 0.6) is 0 Å². The Kier molecular flexibility index (Phi) is 8.62. The van der Waals surface area contributed by atoms with Crippen molar-refractivity contribution in [2.75, 3.05) is 0 Å². The van der Waals surface area contributed by atoms with Crippen LogP contribution in [0.3, 0.4) is 0 Å². The molecule has 5 heteroatoms. The lowest BCUT2D eigenvalue weighted by atomic mass is 9.70. The summed E-state index contributed by atoms with van der Waals surface area (Å²) in [5.41, 5.74) is 15.1. The van der Waals surface area contributed by atoms with Crippen molar-refractivity contribution in [3.63, 3.8) is 0 Å². The van der Waals surface area contributed by atoms with Crippen LogP contribution in [0.25, 0.3) is 116 Å². The number of para-hydroxylation sites is 2. The molecular formula is C63H42N4O. The lowest BCUT2D eigenvalue weighted by Gasteiger charge is -2.33. The van der Waals surface area contributed by atoms with Crippen molar-refractivity contribution in [1.82, 2.24) is 19.5 Å². The fourth-order valence-corrected chi connectivity index (χ4v) is 11.3. The van der Waals surface area contributed by atoms with Gasteiger partial charge in [-0.1, -0.05) is 170 Å². The SMILES string of the molecule is C=C(c1ccccc1)C1CC2=C(CCC=C2)c2cccc(-c3nc(-c4cc5c(cc4-n4c6ccccc6c6cc7ccccc7cc64)oc4ccccc45)nc(-c4cccc5ccccc45)n3)c21. The third-order valence-corrected chi connectivity index (χ3v) is 14.5. The van der Waals surface area contributed by atoms with Gasteiger partial charge in [0.05, 0.1) is 16.7 Å². The number of hydrogen-bond donors (Lipinski definition) is 0. The number of aromatic nitrogens is 4. The number of allylic oxidation sites excluding steroid dienone is 5. The zero-order valence-electron chi connectivity index (χ0n) is 37.2. The first-order chi connectivity index (χ1) is 33.6. The number of rotatable bonds is 6. The van der Waals surface area contributed by atoms with Crippen LogP contribution >= 0.6 is 0 Å². The molecule has 12 aromatic rings. The summed E-state index contributed by atoms with van der Waals surface area (Å²) in [6.07, 6.45) is 7.53. The Morgan fingerprint density at radius 3 is 2.00 bits per heavy atom. The molecule has 5 nitrogen and oxygen atoms in total. The van der Waals surface area contributed by atoms with E-state index in [0.29, 0.717) is 17.5 Å². The van der Waals surface area contributed by atoms with Crippen molar-refractivity contribution in [3.05, 3.63) is 229 Å². The summed E-state index contributed by atoms with van der Waals surface area (Å²) in [5.74, 6) is 1.83. The van der Waals surface area contributed by atoms with Crippen LogP contribution in [-0.4, -0.2) is 19.5 Å². The van der Waals surface area contributed by atoms with Gasteiger partial charge in [0.15, 0.2) is 17.5 Å². The second kappa shape index (κ2) is 15.2. The lowest BCUT2D eigenvalue weighted by molar-refractivity contribution is 0.668. The second-order valence-corrected chi connectivity index (χ2v) is 18.2. The lowest BCUT2D eigenvalue weighted by Crippen LogP contribution is -2.15. The quantitative estimate of drug-likeness (QED) is 0.167. The largest absolute Gasteiger partial charge is 0.456 e. The van der Waals surface area contributed by atoms with E-state index in [-0.39, 0.29) is 5.92 Å². The van der Waals surface area contributed by atoms with Crippen LogP contribution in [0.4, 0.5) is 0 Å². The minimum absolute atomic E-state index is 0.00273. The van der Waals surface area contributed by atoms with Crippen LogP contribution in [0.1, 0.15) is 41.9 Å². The number of hydrogen-bond acceptors (Lipinski definition) is 4. The first-order valence-electron chi connectivity index (χ1n) is 23.5. The number of nitrogens with zero attached hydrogens (tertiary/aromatic N) is 4. The van der Waals surface area contributed by atoms with E-state index in [1.54, 1.807) is 0 Å². The highest BCUT2D eigenvalue weighted by molar-refractivity contribution is 6.15. The topological polar surface area (TPSA) is 56.7 Å². The van der Waals surface area contributed by atoms with E-state index < -0.39 is 0 Å². The predicted molar refractivity (Wildman–Crippen MR) is 281 cm³/mol. The van der Waals surface area contributed by atoms with Gasteiger partial charge >= 0.3 is 0 Å². The number of furan rings is 1. The predicted octanol–water partition coefficient (Wildman–Crippen LogP) is 16.5. The van der Waals surface area contributed by atoms with Crippen molar-refractivity contribution in [2.24, 2.45) is 0 Å². The van der Waals surface area contributed by atoms with Gasteiger partial charge in [-0.3, -0.25) is 0 Å². The average molecular weight is 871 g/mol. The molecule has 0 fully saturated rings. The summed E-state index contributed by atoms with van der Waals surface area (Å²) >= 11 is 0. The average Bonchev–Trinajstić information content (AvgIpc) is 3.93. The Hall–Kier alpha value is -8.67. The maximum atomic E-state index is 6.70. The molecule has 0 bridgehead atoms. The maximum absolute atomic E-state index is 6.70. The first kappa shape index (κ1) is 38.6. The maximum Gasteiger partial charge on any atom is 0.166 e. The molecule has 0 radical (unpaired) electrons. The Balaban J connectivity index is 1.10. The van der Waals surface area contributed by atoms with E-state index in [1.165, 1.54) is 43.8 Å². The standard InChI is InChI=1S/C63H42N4O/c1-38(39-17-3-2-4-18-39)51-34-43-22-8-10-25-45(43)48-28-16-30-50(60(48)51)62-64-61(49-29-15-23-40-19-7-9-24-44(40)49)65-63(66-62)54-36-53-47-27-12-14-32-58(47)68-59(53)37-57(54)67-55-31-13-11-26-46(55)52-33-41-20-5-6-21-42(41)35-56(52)67/h2-9,11-24,26-33,35-37,51H,1,10,25,34H2. The molecule has 9 aromatic carbocycles. The Labute approximate surface area is 392 Å². The third-order valence-electron chi connectivity index (χ3n) is 14.5. The summed E-state index contributed by atoms with van der Waals surface area (Å²) in [4.78, 5) is 16.8. The van der Waals surface area contributed by atoms with Gasteiger partial charge in [-0.05, 0) is 105 Å². The Morgan fingerprint density at radius 1 is 0.500 bits per heavy atom. The van der Waals surface area contributed by atoms with E-state index in [4.69, 9.17) is 25.9 Å². The molecule has 1 atom stereocenters. The summed E-state index contributed by atoms with van der Waals surface area (Å²) in [6.45, 7) is 4.83. The highest BCUT2D eigenvalue weighted by Crippen LogP contribution is 2.51. The molecule has 2 aliphatic carbocycles. The van der Waals surface area contributed by atoms with E-state index in [2.05, 4.69) is 193 Å². The van der Waals surface area contributed by atoms with Crippen LogP contribution in [-0.2, 0) is 0 Å². The van der Waals surface area contributed by atoms with Gasteiger partial charge in [-0.2, -0.15) is 0 Å². The fourth-order valence-electron chi connectivity index (χ4n) is 11.3. The summed E-state index contributed by atoms with van der Waals surface area (Å²) < 4.78 is 9.09. The summed E-state index contributed by atoms with van der Waals surface area (Å²) in [6, 6.07) is 66.9. The minimum Gasteiger partial charge on any atom is -0.456 e.